The molecule has 0 unspecified atom stereocenters. The first-order valence-corrected chi connectivity index (χ1v) is 9.62. The van der Waals surface area contributed by atoms with E-state index in [9.17, 15) is 4.79 Å². The van der Waals surface area contributed by atoms with Crippen molar-refractivity contribution in [3.05, 3.63) is 35.4 Å². The van der Waals surface area contributed by atoms with Gasteiger partial charge in [0.05, 0.1) is 0 Å². The van der Waals surface area contributed by atoms with Crippen LogP contribution < -0.4 is 4.43 Å². The number of carbonyl (C=O) groups is 1. The molecule has 0 radical (unpaired) electrons. The van der Waals surface area contributed by atoms with Crippen molar-refractivity contribution < 1.29 is 14.3 Å². The number of nitriles is 1. The van der Waals surface area contributed by atoms with Crippen LogP contribution in [0.1, 0.15) is 26.3 Å². The quantitative estimate of drug-likeness (QED) is 0.517. The maximum absolute atomic E-state index is 10.8. The second kappa shape index (κ2) is 6.14. The van der Waals surface area contributed by atoms with Gasteiger partial charge in [0.25, 0.3) is 0 Å². The van der Waals surface area contributed by atoms with Gasteiger partial charge in [-0.05, 0) is 41.9 Å². The molecule has 0 fully saturated rings. The molecule has 0 aliphatic rings. The lowest BCUT2D eigenvalue weighted by Crippen LogP contribution is -2.43. The minimum absolute atomic E-state index is 0.114. The third kappa shape index (κ3) is 4.47. The molecule has 0 spiro atoms. The first-order chi connectivity index (χ1) is 9.56. The third-order valence-corrected chi connectivity index (χ3v) is 8.08. The van der Waals surface area contributed by atoms with Crippen molar-refractivity contribution in [2.24, 2.45) is 0 Å². The van der Waals surface area contributed by atoms with Crippen LogP contribution in [0.2, 0.25) is 18.1 Å². The Balaban J connectivity index is 2.95. The minimum Gasteiger partial charge on any atom is -0.544 e. The number of hydrogen-bond acceptors (Lipinski definition) is 3. The summed E-state index contributed by atoms with van der Waals surface area (Å²) in [6, 6.07) is 8.78. The molecular weight excluding hydrogens is 282 g/mol. The molecular formula is C16H21NO3Si. The Kier molecular flexibility index (Phi) is 4.97. The fourth-order valence-electron chi connectivity index (χ4n) is 1.39. The van der Waals surface area contributed by atoms with E-state index in [-0.39, 0.29) is 10.6 Å². The fourth-order valence-corrected chi connectivity index (χ4v) is 2.42. The summed E-state index contributed by atoms with van der Waals surface area (Å²) >= 11 is 0. The van der Waals surface area contributed by atoms with Gasteiger partial charge in [0, 0.05) is 0 Å². The predicted octanol–water partition coefficient (Wildman–Crippen LogP) is 4.06. The molecule has 0 saturated carbocycles. The van der Waals surface area contributed by atoms with E-state index < -0.39 is 14.3 Å². The summed E-state index contributed by atoms with van der Waals surface area (Å²) in [5.41, 5.74) is 0.379. The molecule has 1 aromatic rings. The van der Waals surface area contributed by atoms with Gasteiger partial charge in [-0.3, -0.25) is 0 Å². The van der Waals surface area contributed by atoms with E-state index in [0.29, 0.717) is 5.56 Å². The number of rotatable bonds is 4. The summed E-state index contributed by atoms with van der Waals surface area (Å²) in [4.78, 5) is 10.8. The largest absolute Gasteiger partial charge is 0.544 e. The van der Waals surface area contributed by atoms with E-state index in [1.165, 1.54) is 6.08 Å². The Labute approximate surface area is 126 Å². The van der Waals surface area contributed by atoms with Crippen molar-refractivity contribution in [2.45, 2.75) is 38.9 Å². The molecule has 0 heterocycles. The van der Waals surface area contributed by atoms with Crippen molar-refractivity contribution in [3.63, 3.8) is 0 Å². The molecule has 112 valence electrons. The van der Waals surface area contributed by atoms with E-state index in [1.807, 2.05) is 12.1 Å². The molecule has 1 N–H and O–H groups in total. The summed E-state index contributed by atoms with van der Waals surface area (Å²) in [7, 11) is -1.88. The van der Waals surface area contributed by atoms with Crippen LogP contribution >= 0.6 is 0 Å². The third-order valence-electron chi connectivity index (χ3n) is 3.72. The SMILES string of the molecule is CC(C)(C)[Si](C)(C)Oc1ccc(/C=C(/C#N)C(=O)O)cc1. The Morgan fingerprint density at radius 3 is 2.19 bits per heavy atom. The van der Waals surface area contributed by atoms with Crippen LogP contribution in [0.4, 0.5) is 0 Å². The van der Waals surface area contributed by atoms with Crippen LogP contribution in [-0.2, 0) is 4.79 Å². The lowest BCUT2D eigenvalue weighted by Gasteiger charge is -2.36. The zero-order valence-electron chi connectivity index (χ0n) is 13.1. The molecule has 0 aliphatic carbocycles. The Hall–Kier alpha value is -2.06. The molecule has 1 aromatic carbocycles. The van der Waals surface area contributed by atoms with Crippen molar-refractivity contribution in [1.82, 2.24) is 0 Å². The monoisotopic (exact) mass is 303 g/mol. The molecule has 5 heteroatoms. The molecule has 0 saturated heterocycles. The van der Waals surface area contributed by atoms with Gasteiger partial charge in [-0.15, -0.1) is 0 Å². The number of aliphatic carboxylic acids is 1. The molecule has 1 rings (SSSR count). The van der Waals surface area contributed by atoms with Crippen LogP contribution in [-0.4, -0.2) is 19.4 Å². The number of carboxylic acid groups (broad SMARTS) is 1. The van der Waals surface area contributed by atoms with Gasteiger partial charge in [-0.2, -0.15) is 5.26 Å². The average molecular weight is 303 g/mol. The lowest BCUT2D eigenvalue weighted by atomic mass is 10.1. The zero-order chi connectivity index (χ0) is 16.3. The molecule has 0 aromatic heterocycles. The standard InChI is InChI=1S/C16H21NO3Si/c1-16(2,3)21(4,5)20-14-8-6-12(7-9-14)10-13(11-17)15(18)19/h6-10H,1-5H3,(H,18,19)/b13-10-. The van der Waals surface area contributed by atoms with Gasteiger partial charge in [-0.25, -0.2) is 4.79 Å². The highest BCUT2D eigenvalue weighted by Crippen LogP contribution is 2.37. The summed E-state index contributed by atoms with van der Waals surface area (Å²) in [5.74, 6) is -0.452. The summed E-state index contributed by atoms with van der Waals surface area (Å²) in [5, 5.41) is 17.7. The van der Waals surface area contributed by atoms with E-state index in [0.717, 1.165) is 5.75 Å². The second-order valence-corrected chi connectivity index (χ2v) is 11.1. The van der Waals surface area contributed by atoms with Crippen molar-refractivity contribution >= 4 is 20.4 Å². The van der Waals surface area contributed by atoms with Crippen molar-refractivity contribution in [2.75, 3.05) is 0 Å². The fraction of sp³-hybridized carbons (Fsp3) is 0.375. The lowest BCUT2D eigenvalue weighted by molar-refractivity contribution is -0.132. The second-order valence-electron chi connectivity index (χ2n) is 6.41. The summed E-state index contributed by atoms with van der Waals surface area (Å²) in [6.45, 7) is 10.8. The Bertz CT molecular complexity index is 589. The van der Waals surface area contributed by atoms with Gasteiger partial charge < -0.3 is 9.53 Å². The topological polar surface area (TPSA) is 70.3 Å². The number of nitrogens with zero attached hydrogens (tertiary/aromatic N) is 1. The Morgan fingerprint density at radius 2 is 1.81 bits per heavy atom. The van der Waals surface area contributed by atoms with Gasteiger partial charge in [-0.1, -0.05) is 32.9 Å². The summed E-state index contributed by atoms with van der Waals surface area (Å²) < 4.78 is 6.14. The first kappa shape index (κ1) is 17.0. The molecule has 0 bridgehead atoms. The van der Waals surface area contributed by atoms with Gasteiger partial charge in [0.15, 0.2) is 0 Å². The highest BCUT2D eigenvalue weighted by Gasteiger charge is 2.38. The molecule has 4 nitrogen and oxygen atoms in total. The van der Waals surface area contributed by atoms with Crippen LogP contribution in [0, 0.1) is 11.3 Å². The van der Waals surface area contributed by atoms with E-state index in [4.69, 9.17) is 14.8 Å². The number of benzene rings is 1. The van der Waals surface area contributed by atoms with Crippen LogP contribution in [0.3, 0.4) is 0 Å². The number of carboxylic acids is 1. The van der Waals surface area contributed by atoms with Crippen LogP contribution in [0.5, 0.6) is 5.75 Å². The average Bonchev–Trinajstić information content (AvgIpc) is 2.35. The van der Waals surface area contributed by atoms with E-state index in [2.05, 4.69) is 33.9 Å². The van der Waals surface area contributed by atoms with E-state index >= 15 is 0 Å². The highest BCUT2D eigenvalue weighted by atomic mass is 28.4. The predicted molar refractivity (Wildman–Crippen MR) is 85.5 cm³/mol. The van der Waals surface area contributed by atoms with Gasteiger partial charge >= 0.3 is 5.97 Å². The van der Waals surface area contributed by atoms with Crippen molar-refractivity contribution in [3.8, 4) is 11.8 Å². The minimum atomic E-state index is -1.88. The number of hydrogen-bond donors (Lipinski definition) is 1. The van der Waals surface area contributed by atoms with Gasteiger partial charge in [0.2, 0.25) is 8.32 Å². The Morgan fingerprint density at radius 1 is 1.29 bits per heavy atom. The zero-order valence-corrected chi connectivity index (χ0v) is 14.1. The molecule has 0 atom stereocenters. The summed E-state index contributed by atoms with van der Waals surface area (Å²) in [6.07, 6.45) is 1.35. The van der Waals surface area contributed by atoms with Crippen LogP contribution in [0.15, 0.2) is 29.8 Å². The van der Waals surface area contributed by atoms with Crippen molar-refractivity contribution in [1.29, 1.82) is 5.26 Å². The highest BCUT2D eigenvalue weighted by molar-refractivity contribution is 6.74. The normalized spacial score (nSPS) is 12.7. The van der Waals surface area contributed by atoms with Gasteiger partial charge in [0.1, 0.15) is 17.4 Å². The molecule has 0 aliphatic heterocycles. The smallest absolute Gasteiger partial charge is 0.346 e. The van der Waals surface area contributed by atoms with Crippen LogP contribution in [0.25, 0.3) is 6.08 Å². The molecule has 0 amide bonds. The maximum atomic E-state index is 10.8. The van der Waals surface area contributed by atoms with E-state index in [1.54, 1.807) is 18.2 Å². The first-order valence-electron chi connectivity index (χ1n) is 6.71. The maximum Gasteiger partial charge on any atom is 0.346 e. The molecule has 21 heavy (non-hydrogen) atoms.